The first-order valence-electron chi connectivity index (χ1n) is 8.28. The van der Waals surface area contributed by atoms with Crippen molar-refractivity contribution in [2.45, 2.75) is 39.7 Å². The van der Waals surface area contributed by atoms with Gasteiger partial charge in [-0.2, -0.15) is 0 Å². The molecule has 4 heteroatoms. The molecule has 0 saturated carbocycles. The lowest BCUT2D eigenvalue weighted by Gasteiger charge is -2.38. The molecule has 0 radical (unpaired) electrons. The van der Waals surface area contributed by atoms with Crippen molar-refractivity contribution >= 4 is 17.5 Å². The number of hydrogen-bond donors (Lipinski definition) is 0. The van der Waals surface area contributed by atoms with Crippen LogP contribution in [-0.2, 0) is 11.2 Å². The number of benzene rings is 1. The second-order valence-corrected chi connectivity index (χ2v) is 6.79. The molecule has 0 aromatic heterocycles. The van der Waals surface area contributed by atoms with E-state index in [2.05, 4.69) is 18.7 Å². The fraction of sp³-hybridized carbons (Fsp3) is 0.611. The quantitative estimate of drug-likeness (QED) is 0.829. The van der Waals surface area contributed by atoms with Gasteiger partial charge in [0.25, 0.3) is 0 Å². The molecule has 1 heterocycles. The van der Waals surface area contributed by atoms with Gasteiger partial charge in [-0.25, -0.2) is 0 Å². The Balaban J connectivity index is 1.87. The van der Waals surface area contributed by atoms with Gasteiger partial charge in [-0.3, -0.25) is 9.69 Å². The summed E-state index contributed by atoms with van der Waals surface area (Å²) in [7, 11) is 0. The van der Waals surface area contributed by atoms with Crippen LogP contribution in [-0.4, -0.2) is 47.9 Å². The zero-order valence-electron chi connectivity index (χ0n) is 13.9. The normalized spacial score (nSPS) is 19.0. The van der Waals surface area contributed by atoms with Crippen molar-refractivity contribution < 1.29 is 4.79 Å². The Labute approximate surface area is 139 Å². The molecule has 0 bridgehead atoms. The Morgan fingerprint density at radius 2 is 1.91 bits per heavy atom. The van der Waals surface area contributed by atoms with Gasteiger partial charge in [-0.05, 0) is 37.5 Å². The largest absolute Gasteiger partial charge is 0.340 e. The molecule has 22 heavy (non-hydrogen) atoms. The highest BCUT2D eigenvalue weighted by atomic mass is 35.5. The number of carbonyl (C=O) groups excluding carboxylic acids is 1. The highest BCUT2D eigenvalue weighted by Crippen LogP contribution is 2.17. The first kappa shape index (κ1) is 17.3. The first-order chi connectivity index (χ1) is 10.5. The molecule has 1 aliphatic heterocycles. The molecule has 2 rings (SSSR count). The molecule has 1 aromatic rings. The lowest BCUT2D eigenvalue weighted by atomic mass is 9.99. The van der Waals surface area contributed by atoms with Crippen molar-refractivity contribution in [1.29, 1.82) is 0 Å². The first-order valence-corrected chi connectivity index (χ1v) is 8.66. The van der Waals surface area contributed by atoms with E-state index in [4.69, 9.17) is 11.6 Å². The lowest BCUT2D eigenvalue weighted by molar-refractivity contribution is -0.137. The second-order valence-electron chi connectivity index (χ2n) is 6.35. The minimum atomic E-state index is 0.00798. The van der Waals surface area contributed by atoms with Crippen LogP contribution in [0, 0.1) is 5.92 Å². The monoisotopic (exact) mass is 322 g/mol. The molecule has 2 unspecified atom stereocenters. The standard InChI is InChI=1S/C18H27ClN2O/c1-4-15(3)20-8-10-21(11-9-20)18(22)14(2)12-16-6-5-7-17(19)13-16/h5-7,13-15H,4,8-12H2,1-3H3. The van der Waals surface area contributed by atoms with Gasteiger partial charge in [0.1, 0.15) is 0 Å². The van der Waals surface area contributed by atoms with E-state index in [0.29, 0.717) is 6.04 Å². The molecular weight excluding hydrogens is 296 g/mol. The van der Waals surface area contributed by atoms with Crippen molar-refractivity contribution in [3.63, 3.8) is 0 Å². The van der Waals surface area contributed by atoms with E-state index in [9.17, 15) is 4.79 Å². The van der Waals surface area contributed by atoms with Crippen LogP contribution in [0.15, 0.2) is 24.3 Å². The number of hydrogen-bond acceptors (Lipinski definition) is 2. The van der Waals surface area contributed by atoms with Crippen molar-refractivity contribution in [1.82, 2.24) is 9.80 Å². The van der Waals surface area contributed by atoms with E-state index in [-0.39, 0.29) is 11.8 Å². The average Bonchev–Trinajstić information content (AvgIpc) is 2.53. The molecule has 1 aliphatic rings. The van der Waals surface area contributed by atoms with Crippen LogP contribution in [0.25, 0.3) is 0 Å². The molecule has 1 amide bonds. The van der Waals surface area contributed by atoms with Crippen molar-refractivity contribution in [3.05, 3.63) is 34.9 Å². The zero-order valence-corrected chi connectivity index (χ0v) is 14.6. The Hall–Kier alpha value is -1.06. The Morgan fingerprint density at radius 3 is 2.50 bits per heavy atom. The maximum Gasteiger partial charge on any atom is 0.225 e. The summed E-state index contributed by atoms with van der Waals surface area (Å²) in [6.45, 7) is 10.2. The number of nitrogens with zero attached hydrogens (tertiary/aromatic N) is 2. The molecular formula is C18H27ClN2O. The highest BCUT2D eigenvalue weighted by Gasteiger charge is 2.26. The molecule has 0 spiro atoms. The molecule has 2 atom stereocenters. The molecule has 1 fully saturated rings. The molecule has 1 saturated heterocycles. The Morgan fingerprint density at radius 1 is 1.23 bits per heavy atom. The van der Waals surface area contributed by atoms with Crippen LogP contribution >= 0.6 is 11.6 Å². The predicted molar refractivity (Wildman–Crippen MR) is 92.2 cm³/mol. The minimum Gasteiger partial charge on any atom is -0.340 e. The van der Waals surface area contributed by atoms with Crippen LogP contribution in [0.2, 0.25) is 5.02 Å². The van der Waals surface area contributed by atoms with Crippen molar-refractivity contribution in [3.8, 4) is 0 Å². The summed E-state index contributed by atoms with van der Waals surface area (Å²) in [5.41, 5.74) is 1.13. The predicted octanol–water partition coefficient (Wildman–Crippen LogP) is 3.46. The number of carbonyl (C=O) groups is 1. The molecule has 0 aliphatic carbocycles. The number of rotatable bonds is 5. The van der Waals surface area contributed by atoms with Gasteiger partial charge >= 0.3 is 0 Å². The Kier molecular flexibility index (Phi) is 6.27. The van der Waals surface area contributed by atoms with E-state index in [0.717, 1.165) is 43.2 Å². The van der Waals surface area contributed by atoms with Gasteiger partial charge in [0.15, 0.2) is 0 Å². The summed E-state index contributed by atoms with van der Waals surface area (Å²) in [5, 5.41) is 0.735. The van der Waals surface area contributed by atoms with E-state index in [1.807, 2.05) is 36.1 Å². The third kappa shape index (κ3) is 4.47. The topological polar surface area (TPSA) is 23.6 Å². The van der Waals surface area contributed by atoms with Gasteiger partial charge in [0, 0.05) is 43.2 Å². The van der Waals surface area contributed by atoms with Crippen molar-refractivity contribution in [2.24, 2.45) is 5.92 Å². The van der Waals surface area contributed by atoms with Crippen LogP contribution in [0.4, 0.5) is 0 Å². The second kappa shape index (κ2) is 7.98. The zero-order chi connectivity index (χ0) is 16.1. The summed E-state index contributed by atoms with van der Waals surface area (Å²) >= 11 is 6.02. The fourth-order valence-electron chi connectivity index (χ4n) is 3.06. The van der Waals surface area contributed by atoms with Crippen LogP contribution in [0.1, 0.15) is 32.8 Å². The summed E-state index contributed by atoms with van der Waals surface area (Å²) in [5.74, 6) is 0.275. The fourth-order valence-corrected chi connectivity index (χ4v) is 3.27. The maximum atomic E-state index is 12.6. The van der Waals surface area contributed by atoms with E-state index < -0.39 is 0 Å². The van der Waals surface area contributed by atoms with Crippen LogP contribution < -0.4 is 0 Å². The van der Waals surface area contributed by atoms with E-state index in [1.54, 1.807) is 0 Å². The average molecular weight is 323 g/mol. The summed E-state index contributed by atoms with van der Waals surface area (Å²) in [4.78, 5) is 17.1. The SMILES string of the molecule is CCC(C)N1CCN(C(=O)C(C)Cc2cccc(Cl)c2)CC1. The summed E-state index contributed by atoms with van der Waals surface area (Å²) in [6, 6.07) is 8.41. The van der Waals surface area contributed by atoms with E-state index in [1.165, 1.54) is 6.42 Å². The number of halogens is 1. The number of amides is 1. The third-order valence-corrected chi connectivity index (χ3v) is 4.93. The van der Waals surface area contributed by atoms with Gasteiger partial charge in [-0.1, -0.05) is 37.6 Å². The third-order valence-electron chi connectivity index (χ3n) is 4.69. The van der Waals surface area contributed by atoms with Crippen LogP contribution in [0.5, 0.6) is 0 Å². The van der Waals surface area contributed by atoms with Gasteiger partial charge < -0.3 is 4.90 Å². The highest BCUT2D eigenvalue weighted by molar-refractivity contribution is 6.30. The maximum absolute atomic E-state index is 12.6. The number of piperazine rings is 1. The molecule has 1 aromatic carbocycles. The lowest BCUT2D eigenvalue weighted by Crippen LogP contribution is -2.52. The summed E-state index contributed by atoms with van der Waals surface area (Å²) < 4.78 is 0. The minimum absolute atomic E-state index is 0.00798. The van der Waals surface area contributed by atoms with Crippen LogP contribution in [0.3, 0.4) is 0 Å². The molecule has 3 nitrogen and oxygen atoms in total. The molecule has 0 N–H and O–H groups in total. The Bertz CT molecular complexity index is 498. The van der Waals surface area contributed by atoms with Crippen molar-refractivity contribution in [2.75, 3.05) is 26.2 Å². The van der Waals surface area contributed by atoms with Gasteiger partial charge in [-0.15, -0.1) is 0 Å². The smallest absolute Gasteiger partial charge is 0.225 e. The molecule has 122 valence electrons. The van der Waals surface area contributed by atoms with Gasteiger partial charge in [0.2, 0.25) is 5.91 Å². The van der Waals surface area contributed by atoms with Gasteiger partial charge in [0.05, 0.1) is 0 Å². The summed E-state index contributed by atoms with van der Waals surface area (Å²) in [6.07, 6.45) is 1.92. The van der Waals surface area contributed by atoms with E-state index >= 15 is 0 Å².